The summed E-state index contributed by atoms with van der Waals surface area (Å²) in [5.41, 5.74) is 0. The first kappa shape index (κ1) is 15.6. The Bertz CT molecular complexity index is 321. The monoisotopic (exact) mass is 315 g/mol. The normalized spacial score (nSPS) is 31.1. The van der Waals surface area contributed by atoms with Crippen LogP contribution in [0.2, 0.25) is 0 Å². The zero-order chi connectivity index (χ0) is 12.4. The molecule has 0 N–H and O–H groups in total. The zero-order valence-electron chi connectivity index (χ0n) is 12.1. The number of halogens is 1. The summed E-state index contributed by atoms with van der Waals surface area (Å²) in [4.78, 5) is 6.65. The van der Waals surface area contributed by atoms with Crippen LogP contribution >= 0.6 is 0 Å². The van der Waals surface area contributed by atoms with Gasteiger partial charge in [0.1, 0.15) is 0 Å². The van der Waals surface area contributed by atoms with Crippen LogP contribution in [0, 0.1) is 23.9 Å². The van der Waals surface area contributed by atoms with Gasteiger partial charge in [-0.15, -0.1) is 5.01 Å². The molecular formula is C14H26BrN3. The molecule has 2 aliphatic rings. The van der Waals surface area contributed by atoms with Gasteiger partial charge in [0.25, 0.3) is 0 Å². The van der Waals surface area contributed by atoms with Gasteiger partial charge in [0.15, 0.2) is 0 Å². The van der Waals surface area contributed by atoms with Gasteiger partial charge in [-0.1, -0.05) is 27.2 Å². The molecule has 1 heterocycles. The van der Waals surface area contributed by atoms with Crippen LogP contribution in [0.25, 0.3) is 4.95 Å². The second-order valence-electron chi connectivity index (χ2n) is 6.03. The highest BCUT2D eigenvalue weighted by Crippen LogP contribution is 2.37. The largest absolute Gasteiger partial charge is 1.00 e. The lowest BCUT2D eigenvalue weighted by Gasteiger charge is -2.37. The third-order valence-electron chi connectivity index (χ3n) is 4.38. The quantitative estimate of drug-likeness (QED) is 0.692. The van der Waals surface area contributed by atoms with Crippen molar-refractivity contribution < 1.29 is 17.0 Å². The molecular weight excluding hydrogens is 290 g/mol. The summed E-state index contributed by atoms with van der Waals surface area (Å²) in [5, 5.41) is 2.28. The van der Waals surface area contributed by atoms with Crippen LogP contribution in [-0.2, 0) is 0 Å². The average molecular weight is 316 g/mol. The summed E-state index contributed by atoms with van der Waals surface area (Å²) in [6.45, 7) is 11.2. The average Bonchev–Trinajstić information content (AvgIpc) is 2.76. The van der Waals surface area contributed by atoms with Crippen molar-refractivity contribution in [3.63, 3.8) is 0 Å². The van der Waals surface area contributed by atoms with Gasteiger partial charge in [0.05, 0.1) is 12.6 Å². The maximum absolute atomic E-state index is 4.49. The standard InChI is InChI=1S/C14H26N3.BrH/c1-5-16-9-15-17(10-16)14-8-12(4)6-7-13(14)11(2)3;/h11-14H,5-8,10H2,1-4H3;1H/q+1;/p-1. The van der Waals surface area contributed by atoms with E-state index in [2.05, 4.69) is 48.8 Å². The van der Waals surface area contributed by atoms with Crippen LogP contribution in [0.5, 0.6) is 0 Å². The highest BCUT2D eigenvalue weighted by molar-refractivity contribution is 4.97. The molecule has 0 radical (unpaired) electrons. The minimum absolute atomic E-state index is 0. The molecule has 3 nitrogen and oxygen atoms in total. The predicted molar refractivity (Wildman–Crippen MR) is 71.5 cm³/mol. The predicted octanol–water partition coefficient (Wildman–Crippen LogP) is 0.252. The molecule has 2 rings (SSSR count). The van der Waals surface area contributed by atoms with E-state index in [-0.39, 0.29) is 17.0 Å². The van der Waals surface area contributed by atoms with E-state index in [1.165, 1.54) is 19.3 Å². The zero-order valence-corrected chi connectivity index (χ0v) is 13.7. The molecule has 3 atom stereocenters. The molecule has 3 unspecified atom stereocenters. The lowest BCUT2D eigenvalue weighted by atomic mass is 9.74. The first-order valence-electron chi connectivity index (χ1n) is 7.09. The molecule has 0 aromatic heterocycles. The van der Waals surface area contributed by atoms with Gasteiger partial charge in [-0.05, 0) is 42.5 Å². The summed E-state index contributed by atoms with van der Waals surface area (Å²) in [6, 6.07) is 0.628. The van der Waals surface area contributed by atoms with E-state index in [9.17, 15) is 0 Å². The highest BCUT2D eigenvalue weighted by atomic mass is 79.9. The Hall–Kier alpha value is -0.430. The van der Waals surface area contributed by atoms with Crippen molar-refractivity contribution in [1.82, 2.24) is 9.91 Å². The fourth-order valence-corrected chi connectivity index (χ4v) is 3.20. The van der Waals surface area contributed by atoms with E-state index >= 15 is 0 Å². The Kier molecular flexibility index (Phi) is 5.78. The molecule has 104 valence electrons. The Labute approximate surface area is 122 Å². The molecule has 18 heavy (non-hydrogen) atoms. The topological polar surface area (TPSA) is 10.8 Å². The third kappa shape index (κ3) is 3.32. The van der Waals surface area contributed by atoms with Crippen LogP contribution in [-0.4, -0.2) is 29.2 Å². The molecule has 0 aromatic rings. The van der Waals surface area contributed by atoms with Gasteiger partial charge in [-0.25, -0.2) is 0 Å². The minimum atomic E-state index is 0. The summed E-state index contributed by atoms with van der Waals surface area (Å²) in [5.74, 6) is 2.41. The fourth-order valence-electron chi connectivity index (χ4n) is 3.20. The molecule has 0 amide bonds. The van der Waals surface area contributed by atoms with Gasteiger partial charge in [-0.3, -0.25) is 0 Å². The maximum atomic E-state index is 4.49. The van der Waals surface area contributed by atoms with E-state index in [0.717, 1.165) is 31.0 Å². The molecule has 0 spiro atoms. The van der Waals surface area contributed by atoms with Crippen molar-refractivity contribution in [1.29, 1.82) is 0 Å². The highest BCUT2D eigenvalue weighted by Gasteiger charge is 2.40. The van der Waals surface area contributed by atoms with E-state index < -0.39 is 0 Å². The number of rotatable bonds is 3. The lowest BCUT2D eigenvalue weighted by Crippen LogP contribution is -3.00. The molecule has 1 fully saturated rings. The first-order chi connectivity index (χ1) is 8.11. The van der Waals surface area contributed by atoms with Gasteiger partial charge in [0, 0.05) is 0 Å². The molecule has 0 saturated heterocycles. The fraction of sp³-hybridized carbons (Fsp3) is 0.929. The van der Waals surface area contributed by atoms with Crippen molar-refractivity contribution in [2.45, 2.75) is 53.0 Å². The summed E-state index contributed by atoms with van der Waals surface area (Å²) >= 11 is 0. The van der Waals surface area contributed by atoms with Gasteiger partial charge < -0.3 is 17.0 Å². The maximum Gasteiger partial charge on any atom is 0.410 e. The summed E-state index contributed by atoms with van der Waals surface area (Å²) < 4.78 is 0. The minimum Gasteiger partial charge on any atom is -1.00 e. The molecule has 0 aromatic carbocycles. The van der Waals surface area contributed by atoms with E-state index in [4.69, 9.17) is 0 Å². The van der Waals surface area contributed by atoms with Crippen molar-refractivity contribution in [2.24, 2.45) is 17.8 Å². The van der Waals surface area contributed by atoms with Crippen LogP contribution in [0.3, 0.4) is 0 Å². The van der Waals surface area contributed by atoms with Gasteiger partial charge in [-0.2, -0.15) is 4.90 Å². The Morgan fingerprint density at radius 3 is 2.61 bits per heavy atom. The second kappa shape index (κ2) is 6.65. The molecule has 4 heteroatoms. The van der Waals surface area contributed by atoms with Crippen molar-refractivity contribution in [3.8, 4) is 6.19 Å². The lowest BCUT2D eigenvalue weighted by molar-refractivity contribution is -0.00000439. The van der Waals surface area contributed by atoms with Crippen LogP contribution in [0.1, 0.15) is 47.0 Å². The second-order valence-corrected chi connectivity index (χ2v) is 6.03. The SMILES string of the molecule is CCN1C#[N+]N(C2CC(C)CCC2C(C)C)C1.[Br-]. The Balaban J connectivity index is 0.00000162. The molecule has 0 bridgehead atoms. The van der Waals surface area contributed by atoms with Crippen molar-refractivity contribution in [2.75, 3.05) is 13.2 Å². The van der Waals surface area contributed by atoms with Crippen LogP contribution in [0.4, 0.5) is 0 Å². The van der Waals surface area contributed by atoms with Crippen LogP contribution < -0.4 is 17.0 Å². The Morgan fingerprint density at radius 1 is 1.33 bits per heavy atom. The summed E-state index contributed by atoms with van der Waals surface area (Å²) in [7, 11) is 0. The van der Waals surface area contributed by atoms with Gasteiger partial charge >= 0.3 is 6.19 Å². The third-order valence-corrected chi connectivity index (χ3v) is 4.38. The van der Waals surface area contributed by atoms with E-state index in [0.29, 0.717) is 6.04 Å². The number of nitrogens with zero attached hydrogens (tertiary/aromatic N) is 3. The molecule has 1 saturated carbocycles. The van der Waals surface area contributed by atoms with Gasteiger partial charge in [0.2, 0.25) is 6.67 Å². The molecule has 1 aliphatic carbocycles. The Morgan fingerprint density at radius 2 is 2.06 bits per heavy atom. The summed E-state index contributed by atoms with van der Waals surface area (Å²) in [6.07, 6.45) is 7.16. The number of hydrogen-bond donors (Lipinski definition) is 0. The van der Waals surface area contributed by atoms with Crippen LogP contribution in [0.15, 0.2) is 0 Å². The molecule has 1 aliphatic heterocycles. The van der Waals surface area contributed by atoms with Crippen molar-refractivity contribution in [3.05, 3.63) is 4.95 Å². The van der Waals surface area contributed by atoms with E-state index in [1.54, 1.807) is 0 Å². The smallest absolute Gasteiger partial charge is 0.410 e. The van der Waals surface area contributed by atoms with E-state index in [1.807, 2.05) is 0 Å². The number of hydrogen-bond acceptors (Lipinski definition) is 2. The van der Waals surface area contributed by atoms with Crippen molar-refractivity contribution >= 4 is 0 Å². The first-order valence-corrected chi connectivity index (χ1v) is 7.09.